The Morgan fingerprint density at radius 2 is 1.57 bits per heavy atom. The van der Waals surface area contributed by atoms with Gasteiger partial charge in [0.2, 0.25) is 5.79 Å². The Balaban J connectivity index is 1.70. The molecule has 0 aromatic heterocycles. The van der Waals surface area contributed by atoms with Gasteiger partial charge in [-0.3, -0.25) is 19.2 Å². The lowest BCUT2D eigenvalue weighted by Gasteiger charge is -2.42. The summed E-state index contributed by atoms with van der Waals surface area (Å²) in [5.41, 5.74) is 1.27. The zero-order valence-corrected chi connectivity index (χ0v) is 40.6. The van der Waals surface area contributed by atoms with Crippen LogP contribution in [0.15, 0.2) is 47.6 Å². The summed E-state index contributed by atoms with van der Waals surface area (Å²) < 4.78 is 29.4. The van der Waals surface area contributed by atoms with Crippen LogP contribution >= 0.6 is 0 Å². The lowest BCUT2D eigenvalue weighted by molar-refractivity contribution is -0.265. The van der Waals surface area contributed by atoms with Crippen molar-refractivity contribution in [3.8, 4) is 0 Å². The number of hydrogen-bond acceptors (Lipinski definition) is 13. The molecule has 2 bridgehead atoms. The average molecular weight is 914 g/mol. The fourth-order valence-corrected chi connectivity index (χ4v) is 10.1. The molecule has 65 heavy (non-hydrogen) atoms. The second-order valence-electron chi connectivity index (χ2n) is 19.6. The molecule has 4 rings (SSSR count). The number of methoxy groups -OCH3 is 3. The van der Waals surface area contributed by atoms with Crippen LogP contribution in [0.4, 0.5) is 0 Å². The third-order valence-corrected chi connectivity index (χ3v) is 14.5. The van der Waals surface area contributed by atoms with Crippen molar-refractivity contribution in [1.29, 1.82) is 0 Å². The van der Waals surface area contributed by atoms with Crippen molar-refractivity contribution >= 4 is 29.2 Å². The maximum Gasteiger partial charge on any atom is 0.329 e. The molecule has 0 spiro atoms. The van der Waals surface area contributed by atoms with Gasteiger partial charge in [-0.05, 0) is 107 Å². The standard InChI is InChI=1S/C51H79NO13/c1-30-16-12-11-13-17-31(2)42(61-8)28-38-21-19-36(7)51(60,65-38)48(57)49(58)52-23-15-14-18-39(52)50(59)64-43(33(4)26-37-20-22-40(53)44(27-37)62-9)29-41(54)32(3)25-35(6)46(56)47(63-10)45(55)34(5)24-30/h11-13,16-17,25,30,32-34,36-40,42-44,46-47,53,56,60H,14-15,18-24,26-29H2,1-10H3/b13-11?,16-12+,31-17?,35-25+/t30-,32-,33-,34-,36-,37+,38?,39+,40-,42+,43+,44-,46-,47+,51-/m1/s1. The van der Waals surface area contributed by atoms with Gasteiger partial charge < -0.3 is 43.9 Å². The van der Waals surface area contributed by atoms with E-state index in [9.17, 15) is 39.3 Å². The molecule has 3 N–H and O–H groups in total. The van der Waals surface area contributed by atoms with Gasteiger partial charge in [-0.15, -0.1) is 0 Å². The molecular formula is C51H79NO13. The molecular weight excluding hydrogens is 835 g/mol. The van der Waals surface area contributed by atoms with Gasteiger partial charge in [0.15, 0.2) is 5.78 Å². The number of amides is 1. The van der Waals surface area contributed by atoms with Crippen LogP contribution in [0.5, 0.6) is 0 Å². The van der Waals surface area contributed by atoms with Gasteiger partial charge in [0.05, 0.1) is 24.4 Å². The molecule has 1 saturated carbocycles. The van der Waals surface area contributed by atoms with Crippen molar-refractivity contribution in [2.24, 2.45) is 35.5 Å². The molecule has 0 radical (unpaired) electrons. The number of rotatable bonds is 6. The molecule has 3 heterocycles. The first-order valence-corrected chi connectivity index (χ1v) is 23.9. The van der Waals surface area contributed by atoms with E-state index in [2.05, 4.69) is 0 Å². The molecule has 15 atom stereocenters. The number of nitrogens with zero attached hydrogens (tertiary/aromatic N) is 1. The summed E-state index contributed by atoms with van der Waals surface area (Å²) in [6, 6.07) is -1.14. The zero-order valence-electron chi connectivity index (χ0n) is 40.6. The molecule has 3 aliphatic heterocycles. The van der Waals surface area contributed by atoms with Crippen LogP contribution in [-0.2, 0) is 47.7 Å². The minimum atomic E-state index is -2.43. The number of fused-ring (bicyclic) bond motifs is 3. The molecule has 1 aliphatic carbocycles. The molecule has 14 nitrogen and oxygen atoms in total. The number of ketones is 3. The quantitative estimate of drug-likeness (QED) is 0.156. The third kappa shape index (κ3) is 14.3. The highest BCUT2D eigenvalue weighted by molar-refractivity contribution is 6.39. The normalized spacial score (nSPS) is 39.1. The van der Waals surface area contributed by atoms with Gasteiger partial charge in [0.1, 0.15) is 30.1 Å². The lowest BCUT2D eigenvalue weighted by atomic mass is 9.78. The predicted molar refractivity (Wildman–Crippen MR) is 245 cm³/mol. The molecule has 2 saturated heterocycles. The summed E-state index contributed by atoms with van der Waals surface area (Å²) in [4.78, 5) is 71.8. The van der Waals surface area contributed by atoms with E-state index in [4.69, 9.17) is 23.7 Å². The van der Waals surface area contributed by atoms with Crippen molar-refractivity contribution in [3.63, 3.8) is 0 Å². The van der Waals surface area contributed by atoms with E-state index in [0.29, 0.717) is 63.4 Å². The number of carbonyl (C=O) groups excluding carboxylic acids is 5. The third-order valence-electron chi connectivity index (χ3n) is 14.5. The van der Waals surface area contributed by atoms with Crippen molar-refractivity contribution < 1.29 is 63.0 Å². The maximum absolute atomic E-state index is 14.4. The SMILES string of the molecule is CO[C@H]1CC2CC[C@@H](C)[C@@](O)(O2)C(=O)C(=O)N2CCCC[C@H]2C(=O)O[C@H]([C@H](C)C[C@@H]2CC[C@@H](O)[C@H](OC)C2)CC(=O)[C@H](C)/C=C(\C)[C@@H](O)[C@@H](OC)C(=O)[C@H](C)C[C@H](C)/C=C/C=CC=C1C. The molecule has 1 amide bonds. The van der Waals surface area contributed by atoms with Gasteiger partial charge >= 0.3 is 5.97 Å². The van der Waals surface area contributed by atoms with E-state index < -0.39 is 83.9 Å². The van der Waals surface area contributed by atoms with Gasteiger partial charge in [0, 0.05) is 58.5 Å². The van der Waals surface area contributed by atoms with Crippen LogP contribution in [0.3, 0.4) is 0 Å². The van der Waals surface area contributed by atoms with Crippen molar-refractivity contribution in [2.75, 3.05) is 27.9 Å². The fourth-order valence-electron chi connectivity index (χ4n) is 10.1. The number of esters is 1. The number of aliphatic hydroxyl groups excluding tert-OH is 2. The molecule has 0 aromatic rings. The number of carbonyl (C=O) groups is 5. The summed E-state index contributed by atoms with van der Waals surface area (Å²) in [6.45, 7) is 12.7. The minimum Gasteiger partial charge on any atom is -0.460 e. The summed E-state index contributed by atoms with van der Waals surface area (Å²) >= 11 is 0. The Labute approximate surface area is 387 Å². The van der Waals surface area contributed by atoms with Crippen LogP contribution < -0.4 is 0 Å². The lowest BCUT2D eigenvalue weighted by Crippen LogP contribution is -2.61. The highest BCUT2D eigenvalue weighted by atomic mass is 16.6. The summed E-state index contributed by atoms with van der Waals surface area (Å²) in [5, 5.41) is 33.8. The average Bonchev–Trinajstić information content (AvgIpc) is 3.28. The number of aliphatic hydroxyl groups is 3. The fraction of sp³-hybridized carbons (Fsp3) is 0.745. The van der Waals surface area contributed by atoms with Crippen molar-refractivity contribution in [3.05, 3.63) is 47.6 Å². The van der Waals surface area contributed by atoms with E-state index in [1.165, 1.54) is 12.0 Å². The molecule has 3 fully saturated rings. The van der Waals surface area contributed by atoms with Gasteiger partial charge in [-0.25, -0.2) is 4.79 Å². The first-order valence-electron chi connectivity index (χ1n) is 23.9. The number of Topliss-reactive ketones (excluding diaryl/α,β-unsaturated/α-hetero) is 3. The second kappa shape index (κ2) is 25.1. The molecule has 14 heteroatoms. The Bertz CT molecular complexity index is 1760. The Morgan fingerprint density at radius 1 is 0.846 bits per heavy atom. The van der Waals surface area contributed by atoms with Crippen LogP contribution in [-0.4, -0.2) is 132 Å². The Hall–Kier alpha value is -3.37. The number of hydrogen-bond donors (Lipinski definition) is 3. The number of piperidine rings is 1. The smallest absolute Gasteiger partial charge is 0.329 e. The summed E-state index contributed by atoms with van der Waals surface area (Å²) in [6.07, 6.45) is 11.2. The van der Waals surface area contributed by atoms with E-state index >= 15 is 0 Å². The van der Waals surface area contributed by atoms with Crippen LogP contribution in [0, 0.1) is 35.5 Å². The van der Waals surface area contributed by atoms with Gasteiger partial charge in [-0.1, -0.05) is 71.1 Å². The van der Waals surface area contributed by atoms with Gasteiger partial charge in [-0.2, -0.15) is 0 Å². The van der Waals surface area contributed by atoms with Crippen molar-refractivity contribution in [1.82, 2.24) is 4.90 Å². The summed E-state index contributed by atoms with van der Waals surface area (Å²) in [5.74, 6) is -7.96. The Kier molecular flexibility index (Phi) is 21.0. The maximum atomic E-state index is 14.4. The van der Waals surface area contributed by atoms with Crippen LogP contribution in [0.2, 0.25) is 0 Å². The number of ether oxygens (including phenoxy) is 5. The Morgan fingerprint density at radius 3 is 2.25 bits per heavy atom. The summed E-state index contributed by atoms with van der Waals surface area (Å²) in [7, 11) is 4.52. The molecule has 4 aliphatic rings. The van der Waals surface area contributed by atoms with Crippen LogP contribution in [0.1, 0.15) is 126 Å². The van der Waals surface area contributed by atoms with E-state index in [0.717, 1.165) is 12.0 Å². The van der Waals surface area contributed by atoms with Gasteiger partial charge in [0.25, 0.3) is 11.7 Å². The molecule has 1 unspecified atom stereocenters. The molecule has 366 valence electrons. The van der Waals surface area contributed by atoms with Crippen molar-refractivity contribution in [2.45, 2.75) is 180 Å². The number of allylic oxidation sites excluding steroid dienone is 6. The molecule has 0 aromatic carbocycles. The number of cyclic esters (lactones) is 1. The van der Waals surface area contributed by atoms with E-state index in [1.54, 1.807) is 41.1 Å². The van der Waals surface area contributed by atoms with E-state index in [-0.39, 0.29) is 54.8 Å². The monoisotopic (exact) mass is 914 g/mol. The highest BCUT2D eigenvalue weighted by Crippen LogP contribution is 2.38. The second-order valence-corrected chi connectivity index (χ2v) is 19.6. The topological polar surface area (TPSA) is 195 Å². The zero-order chi connectivity index (χ0) is 48.2. The predicted octanol–water partition coefficient (Wildman–Crippen LogP) is 6.18. The largest absolute Gasteiger partial charge is 0.460 e. The highest BCUT2D eigenvalue weighted by Gasteiger charge is 2.53. The van der Waals surface area contributed by atoms with E-state index in [1.807, 2.05) is 58.1 Å². The first-order chi connectivity index (χ1) is 30.7. The van der Waals surface area contributed by atoms with Crippen LogP contribution in [0.25, 0.3) is 0 Å². The minimum absolute atomic E-state index is 0.0193. The first kappa shape index (κ1) is 54.2.